The van der Waals surface area contributed by atoms with Crippen LogP contribution in [0.5, 0.6) is 0 Å². The van der Waals surface area contributed by atoms with E-state index in [9.17, 15) is 4.79 Å². The molecule has 0 aromatic carbocycles. The summed E-state index contributed by atoms with van der Waals surface area (Å²) >= 11 is 0. The van der Waals surface area contributed by atoms with Crippen molar-refractivity contribution in [2.24, 2.45) is 23.7 Å². The molecule has 1 amide bonds. The number of carbonyl (C=O) groups excluding carboxylic acids is 1. The lowest BCUT2D eigenvalue weighted by atomic mass is 9.67. The molecule has 21 heavy (non-hydrogen) atoms. The third kappa shape index (κ3) is 3.61. The number of aliphatic hydroxyl groups excluding tert-OH is 1. The molecule has 0 aromatic heterocycles. The largest absolute Gasteiger partial charge is 0.396 e. The molecular formula is C18H31NO2. The summed E-state index contributed by atoms with van der Waals surface area (Å²) < 4.78 is 0. The van der Waals surface area contributed by atoms with E-state index in [0.717, 1.165) is 50.6 Å². The third-order valence-corrected chi connectivity index (χ3v) is 6.26. The number of fused-ring (bicyclic) bond motifs is 1. The van der Waals surface area contributed by atoms with E-state index in [-0.39, 0.29) is 6.61 Å². The van der Waals surface area contributed by atoms with E-state index in [1.54, 1.807) is 0 Å². The number of hydrogen-bond acceptors (Lipinski definition) is 2. The number of rotatable bonds is 3. The topological polar surface area (TPSA) is 40.5 Å². The highest BCUT2D eigenvalue weighted by atomic mass is 16.3. The van der Waals surface area contributed by atoms with Crippen LogP contribution in [0.15, 0.2) is 0 Å². The molecule has 0 radical (unpaired) electrons. The van der Waals surface area contributed by atoms with Gasteiger partial charge in [0.15, 0.2) is 0 Å². The number of carbonyl (C=O) groups is 1. The maximum Gasteiger partial charge on any atom is 0.225 e. The number of aliphatic hydroxyl groups is 1. The first-order chi connectivity index (χ1) is 10.3. The van der Waals surface area contributed by atoms with Gasteiger partial charge in [-0.05, 0) is 56.3 Å². The molecule has 1 saturated heterocycles. The molecule has 0 bridgehead atoms. The lowest BCUT2D eigenvalue weighted by Crippen LogP contribution is -2.45. The molecule has 3 heteroatoms. The van der Waals surface area contributed by atoms with Gasteiger partial charge in [-0.1, -0.05) is 25.7 Å². The smallest absolute Gasteiger partial charge is 0.225 e. The first kappa shape index (κ1) is 15.3. The van der Waals surface area contributed by atoms with Crippen LogP contribution < -0.4 is 0 Å². The van der Waals surface area contributed by atoms with Crippen LogP contribution in [0.2, 0.25) is 0 Å². The van der Waals surface area contributed by atoms with Crippen molar-refractivity contribution in [3.05, 3.63) is 0 Å². The summed E-state index contributed by atoms with van der Waals surface area (Å²) in [7, 11) is 0. The van der Waals surface area contributed by atoms with Crippen molar-refractivity contribution in [2.75, 3.05) is 19.7 Å². The molecule has 120 valence electrons. The number of piperidine rings is 1. The summed E-state index contributed by atoms with van der Waals surface area (Å²) in [6.07, 6.45) is 12.3. The average Bonchev–Trinajstić information content (AvgIpc) is 2.54. The summed E-state index contributed by atoms with van der Waals surface area (Å²) in [6.45, 7) is 2.11. The molecule has 4 atom stereocenters. The van der Waals surface area contributed by atoms with Crippen molar-refractivity contribution < 1.29 is 9.90 Å². The fourth-order valence-electron chi connectivity index (χ4n) is 5.04. The van der Waals surface area contributed by atoms with Crippen molar-refractivity contribution in [3.8, 4) is 0 Å². The van der Waals surface area contributed by atoms with Gasteiger partial charge < -0.3 is 10.0 Å². The van der Waals surface area contributed by atoms with Gasteiger partial charge in [-0.2, -0.15) is 0 Å². The summed E-state index contributed by atoms with van der Waals surface area (Å²) in [4.78, 5) is 15.0. The highest BCUT2D eigenvalue weighted by molar-refractivity contribution is 5.79. The van der Waals surface area contributed by atoms with Crippen LogP contribution in [-0.4, -0.2) is 35.6 Å². The van der Waals surface area contributed by atoms with Crippen LogP contribution in [0.4, 0.5) is 0 Å². The van der Waals surface area contributed by atoms with Gasteiger partial charge in [0, 0.05) is 25.6 Å². The van der Waals surface area contributed by atoms with Gasteiger partial charge in [-0.15, -0.1) is 0 Å². The Kier molecular flexibility index (Phi) is 5.20. The molecule has 3 rings (SSSR count). The molecule has 1 heterocycles. The van der Waals surface area contributed by atoms with Gasteiger partial charge in [-0.3, -0.25) is 4.79 Å². The van der Waals surface area contributed by atoms with E-state index in [2.05, 4.69) is 4.90 Å². The molecule has 3 fully saturated rings. The van der Waals surface area contributed by atoms with Gasteiger partial charge in [0.05, 0.1) is 0 Å². The summed E-state index contributed by atoms with van der Waals surface area (Å²) in [5.74, 6) is 3.02. The number of hydrogen-bond donors (Lipinski definition) is 1. The van der Waals surface area contributed by atoms with Gasteiger partial charge in [-0.25, -0.2) is 0 Å². The number of amides is 1. The van der Waals surface area contributed by atoms with E-state index in [0.29, 0.717) is 17.7 Å². The quantitative estimate of drug-likeness (QED) is 0.868. The molecular weight excluding hydrogens is 262 g/mol. The Bertz CT molecular complexity index is 355. The summed E-state index contributed by atoms with van der Waals surface area (Å²) in [5.41, 5.74) is 0. The first-order valence-electron chi connectivity index (χ1n) is 9.17. The summed E-state index contributed by atoms with van der Waals surface area (Å²) in [5, 5.41) is 9.12. The highest BCUT2D eigenvalue weighted by Crippen LogP contribution is 2.43. The van der Waals surface area contributed by atoms with Crippen LogP contribution in [-0.2, 0) is 4.79 Å². The zero-order valence-corrected chi connectivity index (χ0v) is 13.3. The number of likely N-dealkylation sites (tertiary alicyclic amines) is 1. The molecule has 2 aliphatic carbocycles. The lowest BCUT2D eigenvalue weighted by Gasteiger charge is -2.41. The Morgan fingerprint density at radius 1 is 1.00 bits per heavy atom. The molecule has 2 saturated carbocycles. The lowest BCUT2D eigenvalue weighted by molar-refractivity contribution is -0.139. The van der Waals surface area contributed by atoms with Gasteiger partial charge in [0.25, 0.3) is 0 Å². The van der Waals surface area contributed by atoms with Gasteiger partial charge in [0.1, 0.15) is 0 Å². The molecule has 0 spiro atoms. The SMILES string of the molecule is O=C(C1CCC2CCCCC2C1)N1CCCC(CCO)C1. The molecule has 3 nitrogen and oxygen atoms in total. The van der Waals surface area contributed by atoms with E-state index >= 15 is 0 Å². The maximum atomic E-state index is 12.8. The Morgan fingerprint density at radius 2 is 1.81 bits per heavy atom. The van der Waals surface area contributed by atoms with Crippen molar-refractivity contribution in [1.82, 2.24) is 4.90 Å². The van der Waals surface area contributed by atoms with Crippen molar-refractivity contribution in [2.45, 2.75) is 64.2 Å². The minimum Gasteiger partial charge on any atom is -0.396 e. The highest BCUT2D eigenvalue weighted by Gasteiger charge is 2.37. The Balaban J connectivity index is 1.55. The predicted octanol–water partition coefficient (Wildman–Crippen LogP) is 3.21. The van der Waals surface area contributed by atoms with Crippen molar-refractivity contribution >= 4 is 5.91 Å². The second kappa shape index (κ2) is 7.13. The zero-order chi connectivity index (χ0) is 14.7. The second-order valence-electron chi connectivity index (χ2n) is 7.62. The minimum absolute atomic E-state index is 0.264. The van der Waals surface area contributed by atoms with E-state index in [1.165, 1.54) is 38.5 Å². The average molecular weight is 293 g/mol. The Labute approximate surface area is 129 Å². The van der Waals surface area contributed by atoms with E-state index in [4.69, 9.17) is 5.11 Å². The van der Waals surface area contributed by atoms with Crippen molar-refractivity contribution in [3.63, 3.8) is 0 Å². The van der Waals surface area contributed by atoms with Crippen LogP contribution in [0.3, 0.4) is 0 Å². The van der Waals surface area contributed by atoms with E-state index < -0.39 is 0 Å². The van der Waals surface area contributed by atoms with Crippen LogP contribution in [0, 0.1) is 23.7 Å². The fraction of sp³-hybridized carbons (Fsp3) is 0.944. The Hall–Kier alpha value is -0.570. The first-order valence-corrected chi connectivity index (χ1v) is 9.17. The summed E-state index contributed by atoms with van der Waals surface area (Å²) in [6, 6.07) is 0. The minimum atomic E-state index is 0.264. The van der Waals surface area contributed by atoms with Crippen LogP contribution >= 0.6 is 0 Å². The van der Waals surface area contributed by atoms with E-state index in [1.807, 2.05) is 0 Å². The maximum absolute atomic E-state index is 12.8. The molecule has 1 aliphatic heterocycles. The van der Waals surface area contributed by atoms with Crippen LogP contribution in [0.1, 0.15) is 64.2 Å². The molecule has 3 aliphatic rings. The molecule has 4 unspecified atom stereocenters. The van der Waals surface area contributed by atoms with Gasteiger partial charge >= 0.3 is 0 Å². The molecule has 1 N–H and O–H groups in total. The standard InChI is InChI=1S/C18H31NO2/c20-11-9-14-4-3-10-19(13-14)18(21)17-8-7-15-5-1-2-6-16(15)12-17/h14-17,20H,1-13H2. The van der Waals surface area contributed by atoms with Crippen LogP contribution in [0.25, 0.3) is 0 Å². The third-order valence-electron chi connectivity index (χ3n) is 6.26. The Morgan fingerprint density at radius 3 is 2.62 bits per heavy atom. The van der Waals surface area contributed by atoms with Gasteiger partial charge in [0.2, 0.25) is 5.91 Å². The number of nitrogens with zero attached hydrogens (tertiary/aromatic N) is 1. The predicted molar refractivity (Wildman–Crippen MR) is 83.8 cm³/mol. The fourth-order valence-corrected chi connectivity index (χ4v) is 5.04. The molecule has 0 aromatic rings. The second-order valence-corrected chi connectivity index (χ2v) is 7.62. The van der Waals surface area contributed by atoms with Crippen molar-refractivity contribution in [1.29, 1.82) is 0 Å². The normalized spacial score (nSPS) is 37.1. The zero-order valence-electron chi connectivity index (χ0n) is 13.3. The monoisotopic (exact) mass is 293 g/mol.